The topological polar surface area (TPSA) is 57.0 Å². The maximum absolute atomic E-state index is 11.8. The van der Waals surface area contributed by atoms with Crippen LogP contribution in [0, 0.1) is 17.8 Å². The number of ether oxygens (including phenoxy) is 1. The fourth-order valence-electron chi connectivity index (χ4n) is 3.43. The van der Waals surface area contributed by atoms with Crippen LogP contribution in [0.3, 0.4) is 0 Å². The fraction of sp³-hybridized carbons (Fsp3) is 0.812. The third kappa shape index (κ3) is 2.70. The zero-order chi connectivity index (χ0) is 15.1. The van der Waals surface area contributed by atoms with Gasteiger partial charge in [0.2, 0.25) is 0 Å². The Morgan fingerprint density at radius 1 is 1.19 bits per heavy atom. The summed E-state index contributed by atoms with van der Waals surface area (Å²) in [7, 11) is 0. The smallest absolute Gasteiger partial charge is 0.308 e. The van der Waals surface area contributed by atoms with Crippen LogP contribution in [-0.2, 0) is 22.4 Å². The average molecular weight is 291 g/mol. The molecule has 0 radical (unpaired) electrons. The maximum Gasteiger partial charge on any atom is 0.308 e. The van der Waals surface area contributed by atoms with Crippen LogP contribution in [0.1, 0.15) is 58.0 Å². The van der Waals surface area contributed by atoms with Gasteiger partial charge in [-0.2, -0.15) is 0 Å². The van der Waals surface area contributed by atoms with Crippen molar-refractivity contribution in [2.24, 2.45) is 17.8 Å². The zero-order valence-corrected chi connectivity index (χ0v) is 13.4. The molecule has 0 saturated heterocycles. The fourth-order valence-corrected chi connectivity index (χ4v) is 3.43. The Balaban J connectivity index is 1.67. The van der Waals surface area contributed by atoms with Crippen molar-refractivity contribution in [1.29, 1.82) is 0 Å². The van der Waals surface area contributed by atoms with Crippen molar-refractivity contribution in [2.75, 3.05) is 0 Å². The molecule has 3 rings (SSSR count). The molecule has 5 nitrogen and oxygen atoms in total. The van der Waals surface area contributed by atoms with Crippen LogP contribution < -0.4 is 0 Å². The van der Waals surface area contributed by atoms with Gasteiger partial charge in [-0.15, -0.1) is 5.10 Å². The van der Waals surface area contributed by atoms with Crippen molar-refractivity contribution in [3.63, 3.8) is 0 Å². The molecular weight excluding hydrogens is 266 g/mol. The van der Waals surface area contributed by atoms with E-state index in [0.717, 1.165) is 31.4 Å². The Labute approximate surface area is 126 Å². The highest BCUT2D eigenvalue weighted by molar-refractivity contribution is 5.72. The molecule has 1 heterocycles. The molecule has 2 aliphatic rings. The largest absolute Gasteiger partial charge is 0.462 e. The van der Waals surface area contributed by atoms with Crippen LogP contribution in [0.2, 0.25) is 0 Å². The second kappa shape index (κ2) is 5.43. The Hall–Kier alpha value is -1.39. The van der Waals surface area contributed by atoms with Gasteiger partial charge in [0, 0.05) is 17.9 Å². The lowest BCUT2D eigenvalue weighted by Gasteiger charge is -2.12. The third-order valence-corrected chi connectivity index (χ3v) is 4.77. The van der Waals surface area contributed by atoms with Crippen LogP contribution in [0.15, 0.2) is 0 Å². The number of hydrogen-bond acceptors (Lipinski definition) is 4. The van der Waals surface area contributed by atoms with Crippen molar-refractivity contribution < 1.29 is 9.53 Å². The van der Waals surface area contributed by atoms with Gasteiger partial charge < -0.3 is 4.74 Å². The zero-order valence-electron chi connectivity index (χ0n) is 13.4. The summed E-state index contributed by atoms with van der Waals surface area (Å²) in [4.78, 5) is 11.8. The number of carbonyl (C=O) groups is 1. The van der Waals surface area contributed by atoms with Gasteiger partial charge in [0.15, 0.2) is 0 Å². The van der Waals surface area contributed by atoms with Crippen LogP contribution in [0.5, 0.6) is 0 Å². The first-order chi connectivity index (χ1) is 9.99. The first-order valence-corrected chi connectivity index (χ1v) is 8.12. The highest BCUT2D eigenvalue weighted by Crippen LogP contribution is 2.49. The second-order valence-electron chi connectivity index (χ2n) is 6.98. The Bertz CT molecular complexity index is 536. The monoisotopic (exact) mass is 291 g/mol. The van der Waals surface area contributed by atoms with E-state index in [4.69, 9.17) is 4.74 Å². The van der Waals surface area contributed by atoms with Crippen molar-refractivity contribution in [1.82, 2.24) is 15.0 Å². The summed E-state index contributed by atoms with van der Waals surface area (Å²) in [5.74, 6) is 0.975. The minimum Gasteiger partial charge on any atom is -0.462 e. The molecule has 0 aromatic carbocycles. The van der Waals surface area contributed by atoms with E-state index in [-0.39, 0.29) is 18.0 Å². The molecule has 0 bridgehead atoms. The number of carbonyl (C=O) groups excluding carboxylic acids is 1. The van der Waals surface area contributed by atoms with Gasteiger partial charge in [-0.1, -0.05) is 19.1 Å². The molecular formula is C16H25N3O2. The third-order valence-electron chi connectivity index (χ3n) is 4.77. The quantitative estimate of drug-likeness (QED) is 0.803. The minimum atomic E-state index is -0.0595. The molecule has 5 heteroatoms. The number of aromatic nitrogens is 3. The summed E-state index contributed by atoms with van der Waals surface area (Å²) >= 11 is 0. The van der Waals surface area contributed by atoms with E-state index < -0.39 is 0 Å². The molecule has 0 amide bonds. The highest BCUT2D eigenvalue weighted by atomic mass is 16.6. The van der Waals surface area contributed by atoms with Crippen molar-refractivity contribution in [3.8, 4) is 0 Å². The second-order valence-corrected chi connectivity index (χ2v) is 6.98. The van der Waals surface area contributed by atoms with Crippen LogP contribution in [0.25, 0.3) is 0 Å². The summed E-state index contributed by atoms with van der Waals surface area (Å²) in [6, 6.07) is 0.352. The van der Waals surface area contributed by atoms with Gasteiger partial charge in [-0.05, 0) is 39.5 Å². The maximum atomic E-state index is 11.8. The number of esters is 1. The Kier molecular flexibility index (Phi) is 3.76. The first kappa shape index (κ1) is 14.5. The molecule has 1 aromatic rings. The first-order valence-electron chi connectivity index (χ1n) is 8.12. The van der Waals surface area contributed by atoms with E-state index in [1.165, 1.54) is 5.69 Å². The van der Waals surface area contributed by atoms with Crippen LogP contribution in [0.4, 0.5) is 0 Å². The summed E-state index contributed by atoms with van der Waals surface area (Å²) in [5, 5.41) is 8.64. The minimum absolute atomic E-state index is 0.0367. The number of fused-ring (bicyclic) bond motifs is 2. The molecule has 2 aliphatic carbocycles. The number of aryl methyl sites for hydroxylation is 1. The van der Waals surface area contributed by atoms with Crippen molar-refractivity contribution in [3.05, 3.63) is 11.4 Å². The molecule has 116 valence electrons. The predicted molar refractivity (Wildman–Crippen MR) is 78.7 cm³/mol. The molecule has 0 N–H and O–H groups in total. The molecule has 1 fully saturated rings. The summed E-state index contributed by atoms with van der Waals surface area (Å²) < 4.78 is 7.70. The number of nitrogens with zero attached hydrogens (tertiary/aromatic N) is 3. The van der Waals surface area contributed by atoms with Gasteiger partial charge in [0.1, 0.15) is 6.10 Å². The predicted octanol–water partition coefficient (Wildman–Crippen LogP) is 2.55. The standard InChI is InChI=1S/C16H25N3O2/c1-9(2)16(20)21-15-11-5-7-13-14(8-6-12(11)15)19(10(3)4)18-17-13/h9-12,15H,5-8H2,1-4H3. The molecule has 3 unspecified atom stereocenters. The number of rotatable bonds is 3. The highest BCUT2D eigenvalue weighted by Gasteiger charge is 2.53. The molecule has 21 heavy (non-hydrogen) atoms. The summed E-state index contributed by atoms with van der Waals surface area (Å²) in [6.07, 6.45) is 4.23. The Morgan fingerprint density at radius 2 is 1.86 bits per heavy atom. The lowest BCUT2D eigenvalue weighted by atomic mass is 10.0. The average Bonchev–Trinajstić information content (AvgIpc) is 2.87. The molecule has 0 spiro atoms. The summed E-state index contributed by atoms with van der Waals surface area (Å²) in [5.41, 5.74) is 2.42. The van der Waals surface area contributed by atoms with Gasteiger partial charge in [-0.25, -0.2) is 4.68 Å². The molecule has 0 aliphatic heterocycles. The molecule has 1 saturated carbocycles. The van der Waals surface area contributed by atoms with E-state index in [0.29, 0.717) is 17.9 Å². The Morgan fingerprint density at radius 3 is 2.48 bits per heavy atom. The van der Waals surface area contributed by atoms with Crippen molar-refractivity contribution >= 4 is 5.97 Å². The van der Waals surface area contributed by atoms with Gasteiger partial charge >= 0.3 is 5.97 Å². The van der Waals surface area contributed by atoms with Gasteiger partial charge in [-0.3, -0.25) is 4.79 Å². The van der Waals surface area contributed by atoms with Crippen molar-refractivity contribution in [2.45, 2.75) is 65.5 Å². The van der Waals surface area contributed by atoms with Crippen LogP contribution in [-0.4, -0.2) is 27.1 Å². The van der Waals surface area contributed by atoms with Gasteiger partial charge in [0.05, 0.1) is 17.3 Å². The lowest BCUT2D eigenvalue weighted by Crippen LogP contribution is -2.14. The number of hydrogen-bond donors (Lipinski definition) is 0. The normalized spacial score (nSPS) is 27.8. The SMILES string of the molecule is CC(C)C(=O)OC1C2CCc3nnn(C(C)C)c3CCC21. The van der Waals surface area contributed by atoms with E-state index in [1.807, 2.05) is 18.5 Å². The van der Waals surface area contributed by atoms with E-state index in [2.05, 4.69) is 24.2 Å². The lowest BCUT2D eigenvalue weighted by molar-refractivity contribution is -0.149. The van der Waals surface area contributed by atoms with E-state index in [9.17, 15) is 4.79 Å². The van der Waals surface area contributed by atoms with E-state index >= 15 is 0 Å². The molecule has 3 atom stereocenters. The summed E-state index contributed by atoms with van der Waals surface area (Å²) in [6.45, 7) is 8.06. The van der Waals surface area contributed by atoms with E-state index in [1.54, 1.807) is 0 Å². The molecule has 1 aromatic heterocycles. The van der Waals surface area contributed by atoms with Crippen LogP contribution >= 0.6 is 0 Å². The van der Waals surface area contributed by atoms with Gasteiger partial charge in [0.25, 0.3) is 0 Å².